The number of carbonyl (C=O) groups excluding carboxylic acids is 2. The molecule has 0 amide bonds. The van der Waals surface area contributed by atoms with E-state index in [4.69, 9.17) is 0 Å². The predicted molar refractivity (Wildman–Crippen MR) is 121 cm³/mol. The number of carbonyl (C=O) groups is 2. The lowest BCUT2D eigenvalue weighted by Gasteiger charge is -2.12. The predicted octanol–water partition coefficient (Wildman–Crippen LogP) is 5.43. The van der Waals surface area contributed by atoms with Crippen LogP contribution in [0.2, 0.25) is 0 Å². The van der Waals surface area contributed by atoms with Crippen LogP contribution in [0.1, 0.15) is 80.0 Å². The van der Waals surface area contributed by atoms with Gasteiger partial charge in [-0.3, -0.25) is 9.59 Å². The summed E-state index contributed by atoms with van der Waals surface area (Å²) in [5.74, 6) is 1.35. The molecule has 1 saturated carbocycles. The Morgan fingerprint density at radius 3 is 2.73 bits per heavy atom. The highest BCUT2D eigenvalue weighted by Crippen LogP contribution is 2.27. The second-order valence-electron chi connectivity index (χ2n) is 8.22. The zero-order chi connectivity index (χ0) is 21.3. The van der Waals surface area contributed by atoms with Crippen LogP contribution in [-0.2, 0) is 11.2 Å². The number of imidazole rings is 1. The number of benzene rings is 1. The molecule has 1 fully saturated rings. The maximum Gasteiger partial charge on any atom is 0.150 e. The molecule has 1 N–H and O–H groups in total. The molecular weight excluding hydrogens is 374 g/mol. The average Bonchev–Trinajstić information content (AvgIpc) is 3.52. The van der Waals surface area contributed by atoms with Crippen molar-refractivity contribution in [2.24, 2.45) is 0 Å². The summed E-state index contributed by atoms with van der Waals surface area (Å²) < 4.78 is 0. The smallest absolute Gasteiger partial charge is 0.150 e. The molecule has 5 heteroatoms. The fourth-order valence-electron chi connectivity index (χ4n) is 3.58. The molecule has 0 radical (unpaired) electrons. The number of hydrogen-bond acceptors (Lipinski definition) is 4. The zero-order valence-corrected chi connectivity index (χ0v) is 18.2. The molecule has 5 nitrogen and oxygen atoms in total. The number of ketones is 1. The maximum absolute atomic E-state index is 11.4. The van der Waals surface area contributed by atoms with Crippen molar-refractivity contribution < 1.29 is 9.59 Å². The number of rotatable bonds is 13. The number of nitrogens with zero attached hydrogens (tertiary/aromatic N) is 2. The Hall–Kier alpha value is -2.69. The minimum Gasteiger partial charge on any atom is -0.377 e. The Balaban J connectivity index is 1.55. The number of aldehydes is 1. The van der Waals surface area contributed by atoms with Gasteiger partial charge in [0.15, 0.2) is 6.29 Å². The van der Waals surface area contributed by atoms with Gasteiger partial charge in [-0.1, -0.05) is 31.9 Å². The summed E-state index contributed by atoms with van der Waals surface area (Å²) >= 11 is 0. The Morgan fingerprint density at radius 1 is 1.20 bits per heavy atom. The van der Waals surface area contributed by atoms with Gasteiger partial charge in [0.2, 0.25) is 0 Å². The van der Waals surface area contributed by atoms with Gasteiger partial charge in [-0.25, -0.2) is 4.98 Å². The van der Waals surface area contributed by atoms with E-state index in [1.807, 2.05) is 37.4 Å². The highest BCUT2D eigenvalue weighted by Gasteiger charge is 2.23. The molecule has 0 spiro atoms. The maximum atomic E-state index is 11.4. The Kier molecular flexibility index (Phi) is 8.00. The van der Waals surface area contributed by atoms with Gasteiger partial charge in [-0.15, -0.1) is 0 Å². The van der Waals surface area contributed by atoms with Crippen LogP contribution in [0.4, 0.5) is 0 Å². The molecule has 0 saturated heterocycles. The third kappa shape index (κ3) is 6.41. The first-order valence-corrected chi connectivity index (χ1v) is 11.2. The van der Waals surface area contributed by atoms with Gasteiger partial charge in [-0.05, 0) is 49.6 Å². The van der Waals surface area contributed by atoms with Crippen LogP contribution in [-0.4, -0.2) is 40.0 Å². The number of H-pyrrole nitrogens is 1. The summed E-state index contributed by atoms with van der Waals surface area (Å²) in [5, 5.41) is 0. The largest absolute Gasteiger partial charge is 0.377 e. The van der Waals surface area contributed by atoms with Crippen molar-refractivity contribution in [3.8, 4) is 11.3 Å². The molecule has 0 aliphatic heterocycles. The van der Waals surface area contributed by atoms with Crippen molar-refractivity contribution in [2.45, 2.75) is 70.8 Å². The lowest BCUT2D eigenvalue weighted by Crippen LogP contribution is -2.12. The minimum absolute atomic E-state index is 0.361. The molecule has 2 aromatic rings. The van der Waals surface area contributed by atoms with Crippen LogP contribution >= 0.6 is 0 Å². The van der Waals surface area contributed by atoms with Gasteiger partial charge in [-0.2, -0.15) is 0 Å². The number of Topliss-reactive ketones (excluding diaryl/α,β-unsaturated/α-hetero) is 1. The van der Waals surface area contributed by atoms with E-state index < -0.39 is 0 Å². The van der Waals surface area contributed by atoms with E-state index in [1.165, 1.54) is 12.8 Å². The highest BCUT2D eigenvalue weighted by molar-refractivity contribution is 5.84. The first-order valence-electron chi connectivity index (χ1n) is 11.2. The molecule has 0 atom stereocenters. The summed E-state index contributed by atoms with van der Waals surface area (Å²) in [7, 11) is 2.08. The Morgan fingerprint density at radius 2 is 2.00 bits per heavy atom. The fourth-order valence-corrected chi connectivity index (χ4v) is 3.58. The average molecular weight is 408 g/mol. The van der Waals surface area contributed by atoms with E-state index in [1.54, 1.807) is 0 Å². The van der Waals surface area contributed by atoms with Crippen molar-refractivity contribution in [3.63, 3.8) is 0 Å². The molecule has 1 aliphatic rings. The monoisotopic (exact) mass is 407 g/mol. The molecule has 3 rings (SSSR count). The van der Waals surface area contributed by atoms with E-state index in [-0.39, 0.29) is 0 Å². The van der Waals surface area contributed by atoms with Crippen LogP contribution in [0.5, 0.6) is 0 Å². The van der Waals surface area contributed by atoms with Crippen LogP contribution in [0.3, 0.4) is 0 Å². The van der Waals surface area contributed by atoms with Gasteiger partial charge in [0.25, 0.3) is 0 Å². The molecule has 0 unspecified atom stereocenters. The number of aromatic amines is 1. The first kappa shape index (κ1) is 22.0. The van der Waals surface area contributed by atoms with Crippen LogP contribution < -0.4 is 0 Å². The second kappa shape index (κ2) is 10.9. The molecule has 1 aliphatic carbocycles. The lowest BCUT2D eigenvalue weighted by molar-refractivity contribution is -0.118. The number of aromatic nitrogens is 2. The van der Waals surface area contributed by atoms with Gasteiger partial charge in [0.1, 0.15) is 11.6 Å². The van der Waals surface area contributed by atoms with E-state index in [9.17, 15) is 9.59 Å². The third-order valence-electron chi connectivity index (χ3n) is 5.78. The summed E-state index contributed by atoms with van der Waals surface area (Å²) in [6, 6.07) is 6.53. The number of nitrogens with one attached hydrogen (secondary N) is 1. The molecule has 0 bridgehead atoms. The molecule has 1 heterocycles. The molecule has 1 aromatic heterocycles. The zero-order valence-electron chi connectivity index (χ0n) is 18.2. The van der Waals surface area contributed by atoms with Crippen LogP contribution in [0, 0.1) is 0 Å². The van der Waals surface area contributed by atoms with E-state index >= 15 is 0 Å². The van der Waals surface area contributed by atoms with E-state index in [0.29, 0.717) is 30.2 Å². The topological polar surface area (TPSA) is 66.1 Å². The highest BCUT2D eigenvalue weighted by atomic mass is 16.1. The summed E-state index contributed by atoms with van der Waals surface area (Å²) in [6.07, 6.45) is 15.9. The number of aryl methyl sites for hydroxylation is 1. The van der Waals surface area contributed by atoms with Gasteiger partial charge in [0, 0.05) is 43.5 Å². The normalized spacial score (nSPS) is 13.7. The minimum atomic E-state index is 0.361. The van der Waals surface area contributed by atoms with Gasteiger partial charge < -0.3 is 9.88 Å². The first-order chi connectivity index (χ1) is 14.6. The van der Waals surface area contributed by atoms with Crippen LogP contribution in [0.15, 0.2) is 30.6 Å². The van der Waals surface area contributed by atoms with Crippen LogP contribution in [0.25, 0.3) is 17.3 Å². The summed E-state index contributed by atoms with van der Waals surface area (Å²) in [4.78, 5) is 32.9. The van der Waals surface area contributed by atoms with Crippen molar-refractivity contribution >= 4 is 18.1 Å². The van der Waals surface area contributed by atoms with Crippen molar-refractivity contribution in [3.05, 3.63) is 47.5 Å². The summed E-state index contributed by atoms with van der Waals surface area (Å²) in [6.45, 7) is 1.93. The number of hydrogen-bond donors (Lipinski definition) is 1. The Labute approximate surface area is 179 Å². The lowest BCUT2D eigenvalue weighted by atomic mass is 10.0. The second-order valence-corrected chi connectivity index (χ2v) is 8.22. The molecular formula is C25H33N3O2. The van der Waals surface area contributed by atoms with E-state index in [0.717, 1.165) is 61.0 Å². The van der Waals surface area contributed by atoms with Crippen molar-refractivity contribution in [2.75, 3.05) is 7.05 Å². The van der Waals surface area contributed by atoms with Crippen molar-refractivity contribution in [1.82, 2.24) is 14.9 Å². The molecule has 1 aromatic carbocycles. The quantitative estimate of drug-likeness (QED) is 0.355. The fraction of sp³-hybridized carbons (Fsp3) is 0.480. The third-order valence-corrected chi connectivity index (χ3v) is 5.78. The molecule has 160 valence electrons. The van der Waals surface area contributed by atoms with E-state index in [2.05, 4.69) is 28.1 Å². The summed E-state index contributed by atoms with van der Waals surface area (Å²) in [5.41, 5.74) is 3.63. The Bertz CT molecular complexity index is 880. The van der Waals surface area contributed by atoms with Crippen molar-refractivity contribution in [1.29, 1.82) is 0 Å². The number of unbranched alkanes of at least 4 members (excludes halogenated alkanes) is 3. The molecule has 30 heavy (non-hydrogen) atoms. The van der Waals surface area contributed by atoms with Gasteiger partial charge >= 0.3 is 0 Å². The SMILES string of the molecule is CCC(=O)CCCCCCc1ncc(-c2ccc(C=O)c(/C=C\N(C)C3CC3)c2)[nH]1. The standard InChI is InChI=1S/C25H33N3O2/c1-3-23(30)8-6-4-5-7-9-25-26-17-24(27-25)20-10-11-21(18-29)19(16-20)14-15-28(2)22-12-13-22/h10-11,14-18,22H,3-9,12-13H2,1-2H3,(H,26,27)/b15-14-. The van der Waals surface area contributed by atoms with Gasteiger partial charge in [0.05, 0.1) is 11.9 Å².